The Morgan fingerprint density at radius 1 is 1.36 bits per heavy atom. The van der Waals surface area contributed by atoms with Gasteiger partial charge in [-0.1, -0.05) is 38.5 Å². The van der Waals surface area contributed by atoms with E-state index in [1.54, 1.807) is 29.8 Å². The van der Waals surface area contributed by atoms with E-state index in [1.807, 2.05) is 32.0 Å². The number of carbonyl (C=O) groups excluding carboxylic acids is 3. The summed E-state index contributed by atoms with van der Waals surface area (Å²) in [7, 11) is 1.57. The van der Waals surface area contributed by atoms with Crippen LogP contribution in [-0.4, -0.2) is 60.7 Å². The van der Waals surface area contributed by atoms with E-state index in [0.29, 0.717) is 24.5 Å². The van der Waals surface area contributed by atoms with Gasteiger partial charge in [0.2, 0.25) is 11.8 Å². The molecule has 2 N–H and O–H groups in total. The molecule has 3 rings (SSSR count). The Labute approximate surface area is 169 Å². The zero-order valence-electron chi connectivity index (χ0n) is 16.4. The minimum Gasteiger partial charge on any atom is -0.383 e. The molecule has 7 nitrogen and oxygen atoms in total. The van der Waals surface area contributed by atoms with Gasteiger partial charge < -0.3 is 20.3 Å². The Morgan fingerprint density at radius 3 is 2.82 bits per heavy atom. The molecule has 28 heavy (non-hydrogen) atoms. The Kier molecular flexibility index (Phi) is 6.61. The molecule has 0 radical (unpaired) electrons. The number of rotatable bonds is 8. The third kappa shape index (κ3) is 3.89. The fourth-order valence-corrected chi connectivity index (χ4v) is 5.04. The maximum absolute atomic E-state index is 13.0. The van der Waals surface area contributed by atoms with Gasteiger partial charge >= 0.3 is 0 Å². The van der Waals surface area contributed by atoms with Crippen molar-refractivity contribution in [3.05, 3.63) is 35.4 Å². The Balaban J connectivity index is 1.71. The zero-order valence-corrected chi connectivity index (χ0v) is 17.3. The first-order valence-corrected chi connectivity index (χ1v) is 10.6. The summed E-state index contributed by atoms with van der Waals surface area (Å²) in [5.74, 6) is -0.116. The summed E-state index contributed by atoms with van der Waals surface area (Å²) in [4.78, 5) is 40.1. The molecule has 0 saturated carbocycles. The predicted octanol–water partition coefficient (Wildman–Crippen LogP) is 1.55. The van der Waals surface area contributed by atoms with Crippen LogP contribution in [0.2, 0.25) is 0 Å². The average Bonchev–Trinajstić information content (AvgIpc) is 3.26. The van der Waals surface area contributed by atoms with Crippen LogP contribution in [0.5, 0.6) is 0 Å². The van der Waals surface area contributed by atoms with Gasteiger partial charge in [-0.25, -0.2) is 0 Å². The molecule has 1 saturated heterocycles. The van der Waals surface area contributed by atoms with E-state index in [4.69, 9.17) is 4.74 Å². The molecule has 2 heterocycles. The van der Waals surface area contributed by atoms with Crippen LogP contribution in [0.25, 0.3) is 0 Å². The molecule has 3 amide bonds. The number of hydrogen-bond acceptors (Lipinski definition) is 5. The minimum absolute atomic E-state index is 0.0252. The number of ether oxygens (including phenoxy) is 1. The zero-order chi connectivity index (χ0) is 20.3. The molecule has 1 aromatic rings. The van der Waals surface area contributed by atoms with Crippen LogP contribution in [-0.2, 0) is 14.3 Å². The normalized spacial score (nSPS) is 22.4. The minimum atomic E-state index is -0.640. The SMILES string of the molecule is CC[C@H](C)[C@H](NC(=O)[C@@H]1CS[C@@H]2c3ccccc3C(=O)N21)C(=O)NCCOC. The lowest BCUT2D eigenvalue weighted by Crippen LogP contribution is -2.55. The fourth-order valence-electron chi connectivity index (χ4n) is 3.58. The fraction of sp³-hybridized carbons (Fsp3) is 0.550. The van der Waals surface area contributed by atoms with Gasteiger partial charge in [0.1, 0.15) is 17.5 Å². The summed E-state index contributed by atoms with van der Waals surface area (Å²) < 4.78 is 4.96. The second-order valence-electron chi connectivity index (χ2n) is 7.16. The third-order valence-corrected chi connectivity index (χ3v) is 6.70. The van der Waals surface area contributed by atoms with Gasteiger partial charge in [0.25, 0.3) is 5.91 Å². The Hall–Kier alpha value is -2.06. The lowest BCUT2D eigenvalue weighted by atomic mass is 9.98. The van der Waals surface area contributed by atoms with Gasteiger partial charge in [0.15, 0.2) is 0 Å². The van der Waals surface area contributed by atoms with E-state index in [9.17, 15) is 14.4 Å². The largest absolute Gasteiger partial charge is 0.383 e. The van der Waals surface area contributed by atoms with Crippen LogP contribution in [0.3, 0.4) is 0 Å². The van der Waals surface area contributed by atoms with Crippen LogP contribution in [0.4, 0.5) is 0 Å². The molecule has 1 aromatic carbocycles. The van der Waals surface area contributed by atoms with Gasteiger partial charge in [-0.05, 0) is 17.5 Å². The highest BCUT2D eigenvalue weighted by Gasteiger charge is 2.48. The van der Waals surface area contributed by atoms with E-state index in [2.05, 4.69) is 10.6 Å². The van der Waals surface area contributed by atoms with Gasteiger partial charge in [0.05, 0.1) is 6.61 Å². The molecule has 8 heteroatoms. The summed E-state index contributed by atoms with van der Waals surface area (Å²) in [6.07, 6.45) is 0.749. The number of benzene rings is 1. The van der Waals surface area contributed by atoms with Gasteiger partial charge in [-0.15, -0.1) is 11.8 Å². The van der Waals surface area contributed by atoms with Crippen LogP contribution < -0.4 is 10.6 Å². The van der Waals surface area contributed by atoms with E-state index < -0.39 is 12.1 Å². The van der Waals surface area contributed by atoms with E-state index in [1.165, 1.54) is 0 Å². The topological polar surface area (TPSA) is 87.7 Å². The second-order valence-corrected chi connectivity index (χ2v) is 8.27. The van der Waals surface area contributed by atoms with Crippen LogP contribution >= 0.6 is 11.8 Å². The predicted molar refractivity (Wildman–Crippen MR) is 108 cm³/mol. The molecular weight excluding hydrogens is 378 g/mol. The highest BCUT2D eigenvalue weighted by Crippen LogP contribution is 2.48. The van der Waals surface area contributed by atoms with Crippen molar-refractivity contribution >= 4 is 29.5 Å². The highest BCUT2D eigenvalue weighted by molar-refractivity contribution is 7.99. The molecule has 1 fully saturated rings. The summed E-state index contributed by atoms with van der Waals surface area (Å²) in [6.45, 7) is 4.71. The standard InChI is InChI=1S/C20H27N3O4S/c1-4-12(2)16(18(25)21-9-10-27-3)22-17(24)15-11-28-20-14-8-6-5-7-13(14)19(26)23(15)20/h5-8,12,15-16,20H,4,9-11H2,1-3H3,(H,21,25)(H,22,24)/t12-,15-,16-,20+/m0/s1. The number of thioether (sulfide) groups is 1. The van der Waals surface area contributed by atoms with Crippen molar-refractivity contribution in [3.8, 4) is 0 Å². The van der Waals surface area contributed by atoms with Crippen LogP contribution in [0.1, 0.15) is 41.6 Å². The van der Waals surface area contributed by atoms with Gasteiger partial charge in [-0.3, -0.25) is 14.4 Å². The van der Waals surface area contributed by atoms with Crippen molar-refractivity contribution in [2.24, 2.45) is 5.92 Å². The van der Waals surface area contributed by atoms with Gasteiger partial charge in [0, 0.05) is 25.0 Å². The molecule has 2 aliphatic heterocycles. The van der Waals surface area contributed by atoms with Gasteiger partial charge in [-0.2, -0.15) is 0 Å². The van der Waals surface area contributed by atoms with Crippen molar-refractivity contribution in [1.29, 1.82) is 0 Å². The molecular formula is C20H27N3O4S. The van der Waals surface area contributed by atoms with Crippen molar-refractivity contribution in [1.82, 2.24) is 15.5 Å². The molecule has 0 aromatic heterocycles. The van der Waals surface area contributed by atoms with E-state index >= 15 is 0 Å². The number of amides is 3. The molecule has 2 aliphatic rings. The number of nitrogens with zero attached hydrogens (tertiary/aromatic N) is 1. The first-order valence-electron chi connectivity index (χ1n) is 9.59. The molecule has 152 valence electrons. The summed E-state index contributed by atoms with van der Waals surface area (Å²) in [5.41, 5.74) is 1.62. The van der Waals surface area contributed by atoms with E-state index in [-0.39, 0.29) is 29.0 Å². The monoisotopic (exact) mass is 405 g/mol. The quantitative estimate of drug-likeness (QED) is 0.641. The molecule has 4 atom stereocenters. The Morgan fingerprint density at radius 2 is 2.11 bits per heavy atom. The van der Waals surface area contributed by atoms with Crippen molar-refractivity contribution < 1.29 is 19.1 Å². The molecule has 0 aliphatic carbocycles. The maximum atomic E-state index is 13.0. The summed E-state index contributed by atoms with van der Waals surface area (Å²) in [5, 5.41) is 5.57. The molecule has 0 unspecified atom stereocenters. The summed E-state index contributed by atoms with van der Waals surface area (Å²) >= 11 is 1.59. The third-order valence-electron chi connectivity index (χ3n) is 5.39. The number of fused-ring (bicyclic) bond motifs is 3. The number of carbonyl (C=O) groups is 3. The number of hydrogen-bond donors (Lipinski definition) is 2. The second kappa shape index (κ2) is 8.96. The molecule has 0 spiro atoms. The molecule has 0 bridgehead atoms. The van der Waals surface area contributed by atoms with Crippen LogP contribution in [0.15, 0.2) is 24.3 Å². The van der Waals surface area contributed by atoms with Crippen molar-refractivity contribution in [3.63, 3.8) is 0 Å². The summed E-state index contributed by atoms with van der Waals surface area (Å²) in [6, 6.07) is 6.27. The van der Waals surface area contributed by atoms with Crippen molar-refractivity contribution in [2.75, 3.05) is 26.0 Å². The average molecular weight is 406 g/mol. The number of methoxy groups -OCH3 is 1. The lowest BCUT2D eigenvalue weighted by Gasteiger charge is -2.28. The maximum Gasteiger partial charge on any atom is 0.256 e. The highest BCUT2D eigenvalue weighted by atomic mass is 32.2. The lowest BCUT2D eigenvalue weighted by molar-refractivity contribution is -0.132. The van der Waals surface area contributed by atoms with Crippen LogP contribution in [0, 0.1) is 5.92 Å². The first-order chi connectivity index (χ1) is 13.5. The van der Waals surface area contributed by atoms with Crippen molar-refractivity contribution in [2.45, 2.75) is 37.7 Å². The first kappa shape index (κ1) is 20.7. The Bertz CT molecular complexity index is 757. The number of nitrogens with one attached hydrogen (secondary N) is 2. The smallest absolute Gasteiger partial charge is 0.256 e. The van der Waals surface area contributed by atoms with E-state index in [0.717, 1.165) is 12.0 Å².